The predicted octanol–water partition coefficient (Wildman–Crippen LogP) is 4.83. The van der Waals surface area contributed by atoms with Crippen LogP contribution >= 0.6 is 28.1 Å². The van der Waals surface area contributed by atoms with Crippen LogP contribution in [0.25, 0.3) is 11.1 Å². The molecule has 1 aromatic heterocycles. The maximum Gasteiger partial charge on any atom is 0.418 e. The summed E-state index contributed by atoms with van der Waals surface area (Å²) < 4.78 is 44.5. The van der Waals surface area contributed by atoms with Crippen LogP contribution in [0.5, 0.6) is 0 Å². The molecule has 1 aromatic carbocycles. The second-order valence-electron chi connectivity index (χ2n) is 3.46. The molecular formula is C10H7BrF3NOS. The summed E-state index contributed by atoms with van der Waals surface area (Å²) in [4.78, 5) is 2.38. The Labute approximate surface area is 108 Å². The van der Waals surface area contributed by atoms with Crippen LogP contribution in [0.15, 0.2) is 15.0 Å². The molecule has 0 aliphatic rings. The van der Waals surface area contributed by atoms with Gasteiger partial charge in [0.05, 0.1) is 15.6 Å². The molecule has 1 N–H and O–H groups in total. The van der Waals surface area contributed by atoms with Gasteiger partial charge in [0, 0.05) is 0 Å². The number of alkyl halides is 3. The molecule has 0 spiro atoms. The SMILES string of the molecule is CCc1cc(Br)c2oc(=S)[nH]c2c1C(F)(F)F. The number of H-pyrrole nitrogens is 1. The summed E-state index contributed by atoms with van der Waals surface area (Å²) in [6, 6.07) is 1.41. The van der Waals surface area contributed by atoms with Crippen LogP contribution in [0.1, 0.15) is 18.1 Å². The minimum Gasteiger partial charge on any atom is -0.428 e. The lowest BCUT2D eigenvalue weighted by molar-refractivity contribution is -0.137. The fourth-order valence-corrected chi connectivity index (χ4v) is 2.47. The van der Waals surface area contributed by atoms with Crippen LogP contribution in [0.3, 0.4) is 0 Å². The molecule has 0 radical (unpaired) electrons. The van der Waals surface area contributed by atoms with Crippen molar-refractivity contribution in [3.8, 4) is 0 Å². The first kappa shape index (κ1) is 12.6. The second-order valence-corrected chi connectivity index (χ2v) is 4.69. The van der Waals surface area contributed by atoms with Crippen LogP contribution < -0.4 is 0 Å². The second kappa shape index (κ2) is 4.13. The number of halogens is 4. The summed E-state index contributed by atoms with van der Waals surface area (Å²) in [5.74, 6) is 0. The van der Waals surface area contributed by atoms with E-state index in [2.05, 4.69) is 20.9 Å². The Morgan fingerprint density at radius 2 is 2.12 bits per heavy atom. The molecule has 0 saturated carbocycles. The van der Waals surface area contributed by atoms with Gasteiger partial charge in [0.2, 0.25) is 0 Å². The van der Waals surface area contributed by atoms with Crippen molar-refractivity contribution in [1.29, 1.82) is 0 Å². The minimum absolute atomic E-state index is 0.0700. The lowest BCUT2D eigenvalue weighted by atomic mass is 10.0. The van der Waals surface area contributed by atoms with Gasteiger partial charge in [-0.3, -0.25) is 0 Å². The average molecular weight is 326 g/mol. The molecule has 2 aromatic rings. The van der Waals surface area contributed by atoms with E-state index in [4.69, 9.17) is 16.6 Å². The fraction of sp³-hybridized carbons (Fsp3) is 0.300. The molecule has 0 unspecified atom stereocenters. The van der Waals surface area contributed by atoms with Crippen LogP contribution in [0, 0.1) is 4.84 Å². The number of benzene rings is 1. The van der Waals surface area contributed by atoms with Gasteiger partial charge in [-0.05, 0) is 46.2 Å². The molecule has 0 fully saturated rings. The molecule has 7 heteroatoms. The average Bonchev–Trinajstić information content (AvgIpc) is 2.57. The van der Waals surface area contributed by atoms with Crippen molar-refractivity contribution in [2.24, 2.45) is 0 Å². The molecular weight excluding hydrogens is 319 g/mol. The van der Waals surface area contributed by atoms with Crippen LogP contribution in [0.2, 0.25) is 0 Å². The normalized spacial score (nSPS) is 12.3. The summed E-state index contributed by atoms with van der Waals surface area (Å²) in [7, 11) is 0. The Kier molecular flexibility index (Phi) is 3.07. The van der Waals surface area contributed by atoms with Gasteiger partial charge < -0.3 is 9.40 Å². The van der Waals surface area contributed by atoms with E-state index in [0.29, 0.717) is 4.47 Å². The molecule has 0 aliphatic heterocycles. The Bertz CT molecular complexity index is 629. The fourth-order valence-electron chi connectivity index (χ4n) is 1.73. The summed E-state index contributed by atoms with van der Waals surface area (Å²) in [6.07, 6.45) is -4.17. The van der Waals surface area contributed by atoms with E-state index >= 15 is 0 Å². The molecule has 0 amide bonds. The highest BCUT2D eigenvalue weighted by Crippen LogP contribution is 2.40. The molecule has 1 heterocycles. The van der Waals surface area contributed by atoms with Gasteiger partial charge in [-0.2, -0.15) is 13.2 Å². The van der Waals surface area contributed by atoms with Crippen molar-refractivity contribution < 1.29 is 17.6 Å². The molecule has 2 rings (SSSR count). The van der Waals surface area contributed by atoms with E-state index in [9.17, 15) is 13.2 Å². The molecule has 0 saturated heterocycles. The topological polar surface area (TPSA) is 28.9 Å². The Morgan fingerprint density at radius 3 is 2.65 bits per heavy atom. The van der Waals surface area contributed by atoms with E-state index < -0.39 is 11.7 Å². The van der Waals surface area contributed by atoms with Crippen molar-refractivity contribution in [3.63, 3.8) is 0 Å². The Hall–Kier alpha value is -0.820. The third-order valence-corrected chi connectivity index (χ3v) is 3.18. The predicted molar refractivity (Wildman–Crippen MR) is 63.5 cm³/mol. The number of aromatic nitrogens is 1. The van der Waals surface area contributed by atoms with Gasteiger partial charge in [-0.1, -0.05) is 6.92 Å². The lowest BCUT2D eigenvalue weighted by Crippen LogP contribution is -2.10. The van der Waals surface area contributed by atoms with Crippen molar-refractivity contribution in [2.45, 2.75) is 19.5 Å². The quantitative estimate of drug-likeness (QED) is 0.760. The smallest absolute Gasteiger partial charge is 0.418 e. The molecule has 17 heavy (non-hydrogen) atoms. The largest absolute Gasteiger partial charge is 0.428 e. The Balaban J connectivity index is 2.96. The van der Waals surface area contributed by atoms with Crippen LogP contribution in [-0.2, 0) is 12.6 Å². The number of rotatable bonds is 1. The van der Waals surface area contributed by atoms with Gasteiger partial charge in [0.15, 0.2) is 5.58 Å². The van der Waals surface area contributed by atoms with Crippen molar-refractivity contribution in [3.05, 3.63) is 26.5 Å². The maximum atomic E-state index is 13.0. The van der Waals surface area contributed by atoms with Gasteiger partial charge in [0.1, 0.15) is 0 Å². The molecule has 0 aliphatic carbocycles. The highest BCUT2D eigenvalue weighted by atomic mass is 79.9. The number of aryl methyl sites for hydroxylation is 1. The minimum atomic E-state index is -4.44. The number of hydrogen-bond acceptors (Lipinski definition) is 2. The number of nitrogens with one attached hydrogen (secondary N) is 1. The molecule has 92 valence electrons. The molecule has 2 nitrogen and oxygen atoms in total. The zero-order valence-corrected chi connectivity index (χ0v) is 11.0. The molecule has 0 bridgehead atoms. The van der Waals surface area contributed by atoms with E-state index in [-0.39, 0.29) is 27.9 Å². The zero-order chi connectivity index (χ0) is 12.8. The van der Waals surface area contributed by atoms with Gasteiger partial charge in [-0.25, -0.2) is 0 Å². The number of oxazole rings is 1. The number of hydrogen-bond donors (Lipinski definition) is 1. The number of aromatic amines is 1. The third kappa shape index (κ3) is 2.13. The summed E-state index contributed by atoms with van der Waals surface area (Å²) in [6.45, 7) is 1.66. The number of fused-ring (bicyclic) bond motifs is 1. The van der Waals surface area contributed by atoms with Gasteiger partial charge in [0.25, 0.3) is 4.84 Å². The Morgan fingerprint density at radius 1 is 1.47 bits per heavy atom. The van der Waals surface area contributed by atoms with E-state index in [1.165, 1.54) is 6.07 Å². The van der Waals surface area contributed by atoms with Crippen molar-refractivity contribution in [2.75, 3.05) is 0 Å². The van der Waals surface area contributed by atoms with Crippen molar-refractivity contribution >= 4 is 39.2 Å². The summed E-state index contributed by atoms with van der Waals surface area (Å²) in [5.41, 5.74) is -0.518. The molecule has 0 atom stereocenters. The third-order valence-electron chi connectivity index (χ3n) is 2.40. The van der Waals surface area contributed by atoms with E-state index in [1.807, 2.05) is 0 Å². The monoisotopic (exact) mass is 325 g/mol. The highest BCUT2D eigenvalue weighted by Gasteiger charge is 2.36. The zero-order valence-electron chi connectivity index (χ0n) is 8.61. The first-order chi connectivity index (χ1) is 7.84. The van der Waals surface area contributed by atoms with Crippen LogP contribution in [-0.4, -0.2) is 4.98 Å². The first-order valence-corrected chi connectivity index (χ1v) is 5.96. The van der Waals surface area contributed by atoms with Crippen molar-refractivity contribution in [1.82, 2.24) is 4.98 Å². The first-order valence-electron chi connectivity index (χ1n) is 4.76. The summed E-state index contributed by atoms with van der Waals surface area (Å²) >= 11 is 7.90. The summed E-state index contributed by atoms with van der Waals surface area (Å²) in [5, 5.41) is 0. The van der Waals surface area contributed by atoms with E-state index in [0.717, 1.165) is 0 Å². The van der Waals surface area contributed by atoms with E-state index in [1.54, 1.807) is 6.92 Å². The lowest BCUT2D eigenvalue weighted by Gasteiger charge is -2.12. The van der Waals surface area contributed by atoms with Gasteiger partial charge >= 0.3 is 6.18 Å². The van der Waals surface area contributed by atoms with Crippen LogP contribution in [0.4, 0.5) is 13.2 Å². The maximum absolute atomic E-state index is 13.0. The van der Waals surface area contributed by atoms with Gasteiger partial charge in [-0.15, -0.1) is 0 Å². The highest BCUT2D eigenvalue weighted by molar-refractivity contribution is 9.10. The standard InChI is InChI=1S/C10H7BrF3NOS/c1-2-4-3-5(11)8-7(15-9(17)16-8)6(4)10(12,13)14/h3H,2H2,1H3,(H,15,17).